The molecule has 0 fully saturated rings. The van der Waals surface area contributed by atoms with Gasteiger partial charge in [0.1, 0.15) is 0 Å². The van der Waals surface area contributed by atoms with Crippen LogP contribution in [-0.4, -0.2) is 37.5 Å². The van der Waals surface area contributed by atoms with Crippen molar-refractivity contribution >= 4 is 10.0 Å². The molecule has 0 saturated carbocycles. The molecule has 1 aromatic rings. The minimum Gasteiger partial charge on any atom is -0.395 e. The highest BCUT2D eigenvalue weighted by molar-refractivity contribution is 7.89. The van der Waals surface area contributed by atoms with Crippen molar-refractivity contribution in [3.8, 4) is 17.9 Å². The van der Waals surface area contributed by atoms with Gasteiger partial charge >= 0.3 is 0 Å². The third kappa shape index (κ3) is 4.30. The van der Waals surface area contributed by atoms with E-state index in [1.54, 1.807) is 25.1 Å². The lowest BCUT2D eigenvalue weighted by atomic mass is 10.2. The lowest BCUT2D eigenvalue weighted by Gasteiger charge is -2.22. The summed E-state index contributed by atoms with van der Waals surface area (Å²) in [4.78, 5) is 0.114. The van der Waals surface area contributed by atoms with E-state index in [1.165, 1.54) is 17.4 Å². The van der Waals surface area contributed by atoms with Crippen molar-refractivity contribution in [1.29, 1.82) is 5.26 Å². The minimum atomic E-state index is -3.71. The van der Waals surface area contributed by atoms with Crippen LogP contribution in [0.15, 0.2) is 29.2 Å². The van der Waals surface area contributed by atoms with Gasteiger partial charge in [0.25, 0.3) is 0 Å². The lowest BCUT2D eigenvalue weighted by Crippen LogP contribution is -2.35. The highest BCUT2D eigenvalue weighted by Crippen LogP contribution is 2.21. The van der Waals surface area contributed by atoms with Crippen LogP contribution in [-0.2, 0) is 10.0 Å². The standard InChI is InChI=1S/C15H18N2O3S/c1-13(10-11-16)17(2)21(19,20)15-9-4-3-7-14(15)8-5-6-12-18/h3-4,7,9,13,18H,6,10,12H2,1-2H3. The topological polar surface area (TPSA) is 81.4 Å². The molecule has 0 saturated heterocycles. The Kier molecular flexibility index (Phi) is 6.39. The monoisotopic (exact) mass is 306 g/mol. The van der Waals surface area contributed by atoms with Crippen molar-refractivity contribution in [2.24, 2.45) is 0 Å². The number of hydrogen-bond donors (Lipinski definition) is 1. The second kappa shape index (κ2) is 7.80. The third-order valence-corrected chi connectivity index (χ3v) is 5.04. The first-order valence-electron chi connectivity index (χ1n) is 6.49. The number of aliphatic hydroxyl groups is 1. The van der Waals surface area contributed by atoms with E-state index in [-0.39, 0.29) is 24.3 Å². The molecule has 112 valence electrons. The first-order chi connectivity index (χ1) is 9.95. The summed E-state index contributed by atoms with van der Waals surface area (Å²) in [5.41, 5.74) is 0.391. The number of benzene rings is 1. The Morgan fingerprint density at radius 1 is 1.38 bits per heavy atom. The molecular weight excluding hydrogens is 288 g/mol. The minimum absolute atomic E-state index is 0.0684. The summed E-state index contributed by atoms with van der Waals surface area (Å²) in [7, 11) is -2.26. The molecule has 21 heavy (non-hydrogen) atoms. The highest BCUT2D eigenvalue weighted by atomic mass is 32.2. The zero-order valence-corrected chi connectivity index (χ0v) is 12.9. The molecule has 0 aliphatic carbocycles. The van der Waals surface area contributed by atoms with Gasteiger partial charge in [-0.25, -0.2) is 8.42 Å². The SMILES string of the molecule is CC(CC#N)N(C)S(=O)(=O)c1ccccc1C#CCCO. The summed E-state index contributed by atoms with van der Waals surface area (Å²) in [6.07, 6.45) is 0.406. The Labute approximate surface area is 125 Å². The molecule has 0 spiro atoms. The maximum Gasteiger partial charge on any atom is 0.244 e. The van der Waals surface area contributed by atoms with Gasteiger partial charge in [0.05, 0.1) is 24.0 Å². The maximum atomic E-state index is 12.6. The van der Waals surface area contributed by atoms with Crippen molar-refractivity contribution in [3.05, 3.63) is 29.8 Å². The van der Waals surface area contributed by atoms with Gasteiger partial charge in [-0.2, -0.15) is 9.57 Å². The van der Waals surface area contributed by atoms with Crippen LogP contribution in [0.5, 0.6) is 0 Å². The second-order valence-electron chi connectivity index (χ2n) is 4.50. The van der Waals surface area contributed by atoms with Crippen LogP contribution in [0.3, 0.4) is 0 Å². The van der Waals surface area contributed by atoms with Crippen LogP contribution >= 0.6 is 0 Å². The van der Waals surface area contributed by atoms with E-state index in [2.05, 4.69) is 11.8 Å². The number of aliphatic hydroxyl groups excluding tert-OH is 1. The number of rotatable bonds is 5. The molecule has 6 heteroatoms. The molecule has 1 unspecified atom stereocenters. The zero-order chi connectivity index (χ0) is 15.9. The van der Waals surface area contributed by atoms with Crippen LogP contribution < -0.4 is 0 Å². The van der Waals surface area contributed by atoms with Crippen LogP contribution in [0.1, 0.15) is 25.3 Å². The van der Waals surface area contributed by atoms with Crippen LogP contribution in [0.25, 0.3) is 0 Å². The van der Waals surface area contributed by atoms with Gasteiger partial charge in [-0.15, -0.1) is 0 Å². The smallest absolute Gasteiger partial charge is 0.244 e. The van der Waals surface area contributed by atoms with Crippen LogP contribution in [0.4, 0.5) is 0 Å². The zero-order valence-electron chi connectivity index (χ0n) is 12.1. The van der Waals surface area contributed by atoms with E-state index in [9.17, 15) is 8.42 Å². The average molecular weight is 306 g/mol. The summed E-state index contributed by atoms with van der Waals surface area (Å²) in [6, 6.07) is 8.01. The number of sulfonamides is 1. The first kappa shape index (κ1) is 17.2. The Morgan fingerprint density at radius 3 is 2.67 bits per heavy atom. The van der Waals surface area contributed by atoms with Crippen molar-refractivity contribution < 1.29 is 13.5 Å². The van der Waals surface area contributed by atoms with E-state index in [0.29, 0.717) is 5.56 Å². The van der Waals surface area contributed by atoms with Gasteiger partial charge in [0.15, 0.2) is 0 Å². The Hall–Kier alpha value is -1.86. The lowest BCUT2D eigenvalue weighted by molar-refractivity contribution is 0.305. The molecule has 5 nitrogen and oxygen atoms in total. The van der Waals surface area contributed by atoms with E-state index in [4.69, 9.17) is 10.4 Å². The molecular formula is C15H18N2O3S. The Bertz CT molecular complexity index is 681. The molecule has 0 aliphatic rings. The molecule has 0 aliphatic heterocycles. The average Bonchev–Trinajstić information content (AvgIpc) is 2.47. The highest BCUT2D eigenvalue weighted by Gasteiger charge is 2.26. The molecule has 1 aromatic carbocycles. The van der Waals surface area contributed by atoms with Gasteiger partial charge in [0.2, 0.25) is 10.0 Å². The predicted octanol–water partition coefficient (Wildman–Crippen LogP) is 1.34. The fourth-order valence-corrected chi connectivity index (χ4v) is 3.17. The van der Waals surface area contributed by atoms with Crippen molar-refractivity contribution in [1.82, 2.24) is 4.31 Å². The Morgan fingerprint density at radius 2 is 2.05 bits per heavy atom. The van der Waals surface area contributed by atoms with Crippen LogP contribution in [0.2, 0.25) is 0 Å². The van der Waals surface area contributed by atoms with E-state index in [0.717, 1.165) is 0 Å². The Balaban J connectivity index is 3.21. The first-order valence-corrected chi connectivity index (χ1v) is 7.93. The summed E-state index contributed by atoms with van der Waals surface area (Å²) < 4.78 is 26.4. The third-order valence-electron chi connectivity index (χ3n) is 3.01. The number of hydrogen-bond acceptors (Lipinski definition) is 4. The molecule has 0 bridgehead atoms. The summed E-state index contributed by atoms with van der Waals surface area (Å²) in [5.74, 6) is 5.49. The van der Waals surface area contributed by atoms with Crippen molar-refractivity contribution in [2.45, 2.75) is 30.7 Å². The summed E-state index contributed by atoms with van der Waals surface area (Å²) >= 11 is 0. The van der Waals surface area contributed by atoms with E-state index < -0.39 is 16.1 Å². The largest absolute Gasteiger partial charge is 0.395 e. The maximum absolute atomic E-state index is 12.6. The van der Waals surface area contributed by atoms with Crippen molar-refractivity contribution in [3.63, 3.8) is 0 Å². The van der Waals surface area contributed by atoms with E-state index in [1.807, 2.05) is 6.07 Å². The normalized spacial score (nSPS) is 12.3. The molecule has 1 N–H and O–H groups in total. The predicted molar refractivity (Wildman–Crippen MR) is 79.7 cm³/mol. The summed E-state index contributed by atoms with van der Waals surface area (Å²) in [5, 5.41) is 17.4. The molecule has 0 aromatic heterocycles. The van der Waals surface area contributed by atoms with E-state index >= 15 is 0 Å². The fraction of sp³-hybridized carbons (Fsp3) is 0.400. The van der Waals surface area contributed by atoms with Gasteiger partial charge in [-0.1, -0.05) is 24.0 Å². The second-order valence-corrected chi connectivity index (χ2v) is 6.47. The van der Waals surface area contributed by atoms with Crippen LogP contribution in [0, 0.1) is 23.2 Å². The van der Waals surface area contributed by atoms with Crippen molar-refractivity contribution in [2.75, 3.05) is 13.7 Å². The quantitative estimate of drug-likeness (QED) is 0.832. The number of nitriles is 1. The summed E-state index contributed by atoms with van der Waals surface area (Å²) in [6.45, 7) is 1.61. The van der Waals surface area contributed by atoms with Gasteiger partial charge < -0.3 is 5.11 Å². The van der Waals surface area contributed by atoms with Gasteiger partial charge in [-0.3, -0.25) is 0 Å². The number of nitrogens with zero attached hydrogens (tertiary/aromatic N) is 2. The molecule has 0 amide bonds. The molecule has 0 radical (unpaired) electrons. The van der Waals surface area contributed by atoms with Gasteiger partial charge in [0, 0.05) is 25.1 Å². The van der Waals surface area contributed by atoms with Gasteiger partial charge in [-0.05, 0) is 19.1 Å². The fourth-order valence-electron chi connectivity index (χ4n) is 1.66. The molecule has 1 atom stereocenters. The molecule has 1 rings (SSSR count). The molecule has 0 heterocycles.